The molecule has 0 N–H and O–H groups in total. The Morgan fingerprint density at radius 2 is 2.25 bits per heavy atom. The van der Waals surface area contributed by atoms with Crippen molar-refractivity contribution in [3.05, 3.63) is 0 Å². The van der Waals surface area contributed by atoms with Gasteiger partial charge in [0.05, 0.1) is 0 Å². The molecule has 0 aromatic carbocycles. The van der Waals surface area contributed by atoms with E-state index in [0.29, 0.717) is 17.2 Å². The molecule has 0 unspecified atom stereocenters. The molecule has 0 heterocycles. The second-order valence-electron chi connectivity index (χ2n) is 0.232. The monoisotopic (exact) mass is 72.0 g/mol. The minimum atomic E-state index is 0.569. The maximum Gasteiger partial charge on any atom is 0.172 e. The second kappa shape index (κ2) is 3.08. The Balaban J connectivity index is 2.30. The van der Waals surface area contributed by atoms with Crippen LogP contribution < -0.4 is 0 Å². The molecule has 0 spiro atoms. The van der Waals surface area contributed by atoms with Gasteiger partial charge in [-0.1, -0.05) is 0 Å². The van der Waals surface area contributed by atoms with Crippen LogP contribution in [0, 0.1) is 0 Å². The van der Waals surface area contributed by atoms with Gasteiger partial charge in [0.2, 0.25) is 0 Å². The Labute approximate surface area is 30.1 Å². The van der Waals surface area contributed by atoms with Crippen molar-refractivity contribution in [3.63, 3.8) is 0 Å². The van der Waals surface area contributed by atoms with Crippen LogP contribution in [0.15, 0.2) is 0 Å². The fourth-order valence-corrected chi connectivity index (χ4v) is 0. The third-order valence-corrected chi connectivity index (χ3v) is 0.167. The molecule has 0 saturated carbocycles. The van der Waals surface area contributed by atoms with E-state index in [1.165, 1.54) is 0 Å². The van der Waals surface area contributed by atoms with Gasteiger partial charge in [-0.15, -0.1) is 0 Å². The van der Waals surface area contributed by atoms with Crippen molar-refractivity contribution in [1.82, 2.24) is 0 Å². The van der Waals surface area contributed by atoms with Gasteiger partial charge in [-0.05, 0) is 0 Å². The lowest BCUT2D eigenvalue weighted by molar-refractivity contribution is 0.570. The molecular formula is CHBOS. The quantitative estimate of drug-likeness (QED) is 0.320. The van der Waals surface area contributed by atoms with E-state index in [4.69, 9.17) is 4.79 Å². The minimum absolute atomic E-state index is 0.569. The summed E-state index contributed by atoms with van der Waals surface area (Å²) in [4.78, 5) is 9.01. The second-order valence-corrected chi connectivity index (χ2v) is 0.697. The SMILES string of the molecule is [B]SC=O. The Hall–Kier alpha value is 0.0849. The van der Waals surface area contributed by atoms with Crippen LogP contribution in [-0.2, 0) is 4.79 Å². The molecule has 20 valence electrons. The van der Waals surface area contributed by atoms with Gasteiger partial charge < -0.3 is 0 Å². The Morgan fingerprint density at radius 1 is 2.00 bits per heavy atom. The molecule has 1 nitrogen and oxygen atoms in total. The summed E-state index contributed by atoms with van der Waals surface area (Å²) in [6.07, 6.45) is 0. The van der Waals surface area contributed by atoms with E-state index >= 15 is 0 Å². The summed E-state index contributed by atoms with van der Waals surface area (Å²) in [5.41, 5.74) is 0.569. The van der Waals surface area contributed by atoms with E-state index in [0.717, 1.165) is 0 Å². The summed E-state index contributed by atoms with van der Waals surface area (Å²) >= 11 is 0.676. The number of carbonyl (C=O) groups excluding carboxylic acids is 1. The van der Waals surface area contributed by atoms with Gasteiger partial charge in [0.15, 0.2) is 12.7 Å². The van der Waals surface area contributed by atoms with Gasteiger partial charge in [-0.2, -0.15) is 11.6 Å². The molecule has 0 atom stereocenters. The summed E-state index contributed by atoms with van der Waals surface area (Å²) in [5.74, 6) is 0. The van der Waals surface area contributed by atoms with Crippen molar-refractivity contribution in [2.24, 2.45) is 0 Å². The van der Waals surface area contributed by atoms with Crippen LogP contribution >= 0.6 is 11.6 Å². The lowest BCUT2D eigenvalue weighted by Crippen LogP contribution is -1.47. The molecule has 0 rings (SSSR count). The third kappa shape index (κ3) is 2.08. The molecular weight excluding hydrogens is 70.9 g/mol. The number of carbonyl (C=O) groups is 1. The lowest BCUT2D eigenvalue weighted by Gasteiger charge is -1.53. The predicted molar refractivity (Wildman–Crippen MR) is 20.1 cm³/mol. The standard InChI is InChI=1S/CHBOS/c2-4-1-3/h1H. The van der Waals surface area contributed by atoms with Crippen molar-refractivity contribution in [2.75, 3.05) is 0 Å². The Bertz CT molecular complexity index is 22.0. The lowest BCUT2D eigenvalue weighted by atomic mass is 10.8. The topological polar surface area (TPSA) is 17.1 Å². The summed E-state index contributed by atoms with van der Waals surface area (Å²) in [7, 11) is 4.58. The first-order valence-electron chi connectivity index (χ1n) is 0.707. The highest BCUT2D eigenvalue weighted by Crippen LogP contribution is 1.71. The predicted octanol–water partition coefficient (Wildman–Crippen LogP) is -0.00670. The van der Waals surface area contributed by atoms with Gasteiger partial charge in [-0.25, -0.2) is 0 Å². The van der Waals surface area contributed by atoms with Gasteiger partial charge in [-0.3, -0.25) is 4.79 Å². The van der Waals surface area contributed by atoms with Gasteiger partial charge >= 0.3 is 0 Å². The van der Waals surface area contributed by atoms with E-state index in [9.17, 15) is 0 Å². The molecule has 4 heavy (non-hydrogen) atoms. The fourth-order valence-electron chi connectivity index (χ4n) is 0. The Kier molecular flexibility index (Phi) is 3.15. The highest BCUT2D eigenvalue weighted by atomic mass is 32.2. The van der Waals surface area contributed by atoms with Crippen LogP contribution in [0.25, 0.3) is 0 Å². The molecule has 0 bridgehead atoms. The van der Waals surface area contributed by atoms with Crippen molar-refractivity contribution in [1.29, 1.82) is 0 Å². The van der Waals surface area contributed by atoms with Crippen LogP contribution in [0.1, 0.15) is 0 Å². The number of hydrogen-bond acceptors (Lipinski definition) is 2. The highest BCUT2D eigenvalue weighted by molar-refractivity contribution is 8.30. The van der Waals surface area contributed by atoms with Crippen molar-refractivity contribution >= 4 is 24.4 Å². The molecule has 2 radical (unpaired) electrons. The normalized spacial score (nSPS) is 6.00. The van der Waals surface area contributed by atoms with Crippen LogP contribution in [-0.4, -0.2) is 12.7 Å². The zero-order valence-electron chi connectivity index (χ0n) is 1.97. The number of rotatable bonds is 1. The third-order valence-electron chi connectivity index (χ3n) is 0.0556. The summed E-state index contributed by atoms with van der Waals surface area (Å²) in [6.45, 7) is 0. The maximum absolute atomic E-state index is 9.01. The Morgan fingerprint density at radius 3 is 2.25 bits per heavy atom. The largest absolute Gasteiger partial charge is 0.292 e. The summed E-state index contributed by atoms with van der Waals surface area (Å²) in [6, 6.07) is 0. The van der Waals surface area contributed by atoms with E-state index < -0.39 is 0 Å². The van der Waals surface area contributed by atoms with Gasteiger partial charge in [0.1, 0.15) is 0 Å². The van der Waals surface area contributed by atoms with Crippen LogP contribution in [0.3, 0.4) is 0 Å². The molecule has 0 fully saturated rings. The van der Waals surface area contributed by atoms with E-state index in [1.807, 2.05) is 0 Å². The van der Waals surface area contributed by atoms with Gasteiger partial charge in [0.25, 0.3) is 0 Å². The average Bonchev–Trinajstić information content (AvgIpc) is 1.37. The summed E-state index contributed by atoms with van der Waals surface area (Å²) < 4.78 is 0. The first kappa shape index (κ1) is 4.08. The first-order chi connectivity index (χ1) is 1.91. The molecule has 0 aliphatic carbocycles. The van der Waals surface area contributed by atoms with Crippen molar-refractivity contribution in [2.45, 2.75) is 0 Å². The number of hydrogen-bond donors (Lipinski definition) is 0. The van der Waals surface area contributed by atoms with E-state index in [-0.39, 0.29) is 0 Å². The molecule has 0 aliphatic rings. The zero-order valence-corrected chi connectivity index (χ0v) is 2.79. The fraction of sp³-hybridized carbons (Fsp3) is 0. The van der Waals surface area contributed by atoms with Crippen LogP contribution in [0.4, 0.5) is 0 Å². The molecule has 3 heteroatoms. The molecule has 0 amide bonds. The highest BCUT2D eigenvalue weighted by Gasteiger charge is 1.52. The zero-order chi connectivity index (χ0) is 3.41. The van der Waals surface area contributed by atoms with E-state index in [2.05, 4.69) is 7.12 Å². The van der Waals surface area contributed by atoms with E-state index in [1.54, 1.807) is 0 Å². The molecule has 0 aromatic rings. The van der Waals surface area contributed by atoms with Crippen molar-refractivity contribution < 1.29 is 4.79 Å². The molecule has 0 aliphatic heterocycles. The smallest absolute Gasteiger partial charge is 0.172 e. The molecule has 0 saturated heterocycles. The first-order valence-corrected chi connectivity index (χ1v) is 1.65. The van der Waals surface area contributed by atoms with Gasteiger partial charge in [0, 0.05) is 0 Å². The van der Waals surface area contributed by atoms with Crippen molar-refractivity contribution in [3.8, 4) is 0 Å². The summed E-state index contributed by atoms with van der Waals surface area (Å²) in [5, 5.41) is 0. The minimum Gasteiger partial charge on any atom is -0.292 e. The van der Waals surface area contributed by atoms with Crippen LogP contribution in [0.5, 0.6) is 0 Å². The maximum atomic E-state index is 9.01. The molecule has 0 aromatic heterocycles. The average molecular weight is 71.9 g/mol. The van der Waals surface area contributed by atoms with Crippen LogP contribution in [0.2, 0.25) is 0 Å².